The molecule has 38 heavy (non-hydrogen) atoms. The normalized spacial score (nSPS) is 20.9. The van der Waals surface area contributed by atoms with Crippen LogP contribution in [0.5, 0.6) is 11.5 Å². The maximum absolute atomic E-state index is 13.7. The molecule has 2 heterocycles. The van der Waals surface area contributed by atoms with E-state index in [0.29, 0.717) is 16.7 Å². The van der Waals surface area contributed by atoms with Gasteiger partial charge >= 0.3 is 0 Å². The third kappa shape index (κ3) is 5.79. The number of para-hydroxylation sites is 1. The molecule has 8 heteroatoms. The number of nitrogens with one attached hydrogen (secondary N) is 1. The third-order valence-corrected chi connectivity index (χ3v) is 8.37. The average molecular weight is 542 g/mol. The van der Waals surface area contributed by atoms with Gasteiger partial charge in [-0.15, -0.1) is 0 Å². The van der Waals surface area contributed by atoms with E-state index in [-0.39, 0.29) is 30.4 Å². The lowest BCUT2D eigenvalue weighted by atomic mass is 9.80. The Morgan fingerprint density at radius 1 is 1.18 bits per heavy atom. The second kappa shape index (κ2) is 12.0. The molecule has 0 spiro atoms. The number of fused-ring (bicyclic) bond motifs is 1. The number of carbonyl (C=O) groups excluding carboxylic acids is 2. The first kappa shape index (κ1) is 28.2. The number of halogens is 1. The van der Waals surface area contributed by atoms with Gasteiger partial charge in [0, 0.05) is 50.9 Å². The summed E-state index contributed by atoms with van der Waals surface area (Å²) in [5.41, 5.74) is 1.06. The Morgan fingerprint density at radius 3 is 2.55 bits per heavy atom. The van der Waals surface area contributed by atoms with Crippen LogP contribution in [0.2, 0.25) is 5.02 Å². The number of rotatable bonds is 10. The van der Waals surface area contributed by atoms with Gasteiger partial charge in [0.25, 0.3) is 0 Å². The molecule has 2 aliphatic rings. The highest BCUT2D eigenvalue weighted by Gasteiger charge is 2.50. The minimum absolute atomic E-state index is 0.0230. The van der Waals surface area contributed by atoms with E-state index in [1.54, 1.807) is 20.2 Å². The fourth-order valence-corrected chi connectivity index (χ4v) is 5.85. The quantitative estimate of drug-likeness (QED) is 0.456. The molecule has 2 amide bonds. The molecule has 0 aromatic heterocycles. The van der Waals surface area contributed by atoms with Crippen LogP contribution < -0.4 is 19.7 Å². The van der Waals surface area contributed by atoms with E-state index in [1.807, 2.05) is 48.2 Å². The van der Waals surface area contributed by atoms with Crippen molar-refractivity contribution < 1.29 is 19.1 Å². The van der Waals surface area contributed by atoms with Gasteiger partial charge in [0.2, 0.25) is 11.8 Å². The monoisotopic (exact) mass is 541 g/mol. The number of hydrogen-bond donors (Lipinski definition) is 1. The fourth-order valence-electron chi connectivity index (χ4n) is 5.69. The number of nitrogens with zero attached hydrogens (tertiary/aromatic N) is 2. The number of benzene rings is 2. The first-order valence-corrected chi connectivity index (χ1v) is 13.9. The van der Waals surface area contributed by atoms with E-state index in [0.717, 1.165) is 55.9 Å². The predicted molar refractivity (Wildman–Crippen MR) is 151 cm³/mol. The minimum atomic E-state index is -0.836. The van der Waals surface area contributed by atoms with E-state index in [1.165, 1.54) is 0 Å². The van der Waals surface area contributed by atoms with Crippen LogP contribution in [-0.2, 0) is 15.0 Å². The number of piperidine rings is 1. The van der Waals surface area contributed by atoms with E-state index >= 15 is 0 Å². The molecule has 0 aliphatic carbocycles. The Labute approximate surface area is 231 Å². The molecule has 4 rings (SSSR count). The second-order valence-electron chi connectivity index (χ2n) is 10.9. The van der Waals surface area contributed by atoms with Crippen molar-refractivity contribution in [2.75, 3.05) is 38.7 Å². The Hall–Kier alpha value is -2.77. The number of anilines is 1. The number of ether oxygens (including phenoxy) is 2. The molecule has 1 N–H and O–H groups in total. The Kier molecular flexibility index (Phi) is 8.89. The summed E-state index contributed by atoms with van der Waals surface area (Å²) in [4.78, 5) is 30.5. The van der Waals surface area contributed by atoms with Gasteiger partial charge in [0.1, 0.15) is 17.6 Å². The van der Waals surface area contributed by atoms with Gasteiger partial charge in [-0.1, -0.05) is 43.6 Å². The molecule has 2 atom stereocenters. The Morgan fingerprint density at radius 2 is 1.89 bits per heavy atom. The van der Waals surface area contributed by atoms with Gasteiger partial charge in [-0.3, -0.25) is 9.59 Å². The van der Waals surface area contributed by atoms with Crippen LogP contribution in [-0.4, -0.2) is 62.7 Å². The molecular weight excluding hydrogens is 502 g/mol. The van der Waals surface area contributed by atoms with Gasteiger partial charge in [0.15, 0.2) is 0 Å². The van der Waals surface area contributed by atoms with Crippen molar-refractivity contribution in [3.63, 3.8) is 0 Å². The standard InChI is InChI=1S/C30H40ClN3O4/c1-20(2)26(38-27-18-22(37-5)10-11-24(27)31)14-17-33-15-12-21(13-16-33)34-25-9-7-6-8-23(25)30(3,29(34)36)19-28(35)32-4/h6-11,18,20-21,26H,12-17,19H2,1-5H3,(H,32,35). The summed E-state index contributed by atoms with van der Waals surface area (Å²) < 4.78 is 11.7. The highest BCUT2D eigenvalue weighted by molar-refractivity contribution is 6.32. The zero-order valence-electron chi connectivity index (χ0n) is 23.1. The highest BCUT2D eigenvalue weighted by Crippen LogP contribution is 2.46. The smallest absolute Gasteiger partial charge is 0.238 e. The minimum Gasteiger partial charge on any atom is -0.497 e. The van der Waals surface area contributed by atoms with Crippen LogP contribution in [0.3, 0.4) is 0 Å². The molecule has 2 aromatic rings. The van der Waals surface area contributed by atoms with Crippen molar-refractivity contribution in [2.24, 2.45) is 5.92 Å². The van der Waals surface area contributed by atoms with Gasteiger partial charge in [-0.2, -0.15) is 0 Å². The number of amides is 2. The van der Waals surface area contributed by atoms with Crippen molar-refractivity contribution in [2.45, 2.75) is 64.0 Å². The van der Waals surface area contributed by atoms with Crippen LogP contribution >= 0.6 is 11.6 Å². The van der Waals surface area contributed by atoms with Gasteiger partial charge < -0.3 is 24.6 Å². The molecule has 206 valence electrons. The third-order valence-electron chi connectivity index (χ3n) is 8.05. The van der Waals surface area contributed by atoms with E-state index in [4.69, 9.17) is 21.1 Å². The highest BCUT2D eigenvalue weighted by atomic mass is 35.5. The summed E-state index contributed by atoms with van der Waals surface area (Å²) in [6.45, 7) is 8.96. The van der Waals surface area contributed by atoms with E-state index in [2.05, 4.69) is 24.1 Å². The largest absolute Gasteiger partial charge is 0.497 e. The van der Waals surface area contributed by atoms with Gasteiger partial charge in [-0.05, 0) is 55.9 Å². The maximum Gasteiger partial charge on any atom is 0.238 e. The van der Waals surface area contributed by atoms with Crippen molar-refractivity contribution in [3.05, 3.63) is 53.1 Å². The number of hydrogen-bond acceptors (Lipinski definition) is 5. The molecular formula is C30H40ClN3O4. The summed E-state index contributed by atoms with van der Waals surface area (Å²) in [7, 11) is 3.25. The summed E-state index contributed by atoms with van der Waals surface area (Å²) in [5, 5.41) is 3.26. The second-order valence-corrected chi connectivity index (χ2v) is 11.3. The molecule has 7 nitrogen and oxygen atoms in total. The number of likely N-dealkylation sites (tertiary alicyclic amines) is 1. The van der Waals surface area contributed by atoms with Gasteiger partial charge in [0.05, 0.1) is 17.5 Å². The van der Waals surface area contributed by atoms with Crippen LogP contribution in [0.15, 0.2) is 42.5 Å². The lowest BCUT2D eigenvalue weighted by Crippen LogP contribution is -2.50. The molecule has 1 fully saturated rings. The van der Waals surface area contributed by atoms with Crippen molar-refractivity contribution in [1.82, 2.24) is 10.2 Å². The molecule has 2 unspecified atom stereocenters. The average Bonchev–Trinajstić information content (AvgIpc) is 3.13. The molecule has 0 radical (unpaired) electrons. The molecule has 0 bridgehead atoms. The summed E-state index contributed by atoms with van der Waals surface area (Å²) >= 11 is 6.39. The Balaban J connectivity index is 1.38. The zero-order valence-corrected chi connectivity index (χ0v) is 23.9. The first-order chi connectivity index (χ1) is 18.2. The van der Waals surface area contributed by atoms with Crippen LogP contribution in [0.25, 0.3) is 0 Å². The predicted octanol–water partition coefficient (Wildman–Crippen LogP) is 5.05. The maximum atomic E-state index is 13.7. The van der Waals surface area contributed by atoms with Crippen molar-refractivity contribution >= 4 is 29.1 Å². The molecule has 2 aromatic carbocycles. The van der Waals surface area contributed by atoms with Crippen molar-refractivity contribution in [3.8, 4) is 11.5 Å². The molecule has 2 aliphatic heterocycles. The lowest BCUT2D eigenvalue weighted by molar-refractivity contribution is -0.129. The molecule has 0 saturated carbocycles. The van der Waals surface area contributed by atoms with Crippen LogP contribution in [0.1, 0.15) is 52.0 Å². The van der Waals surface area contributed by atoms with E-state index in [9.17, 15) is 9.59 Å². The SMILES string of the molecule is CNC(=O)CC1(C)C(=O)N(C2CCN(CCC(Oc3cc(OC)ccc3Cl)C(C)C)CC2)c2ccccc21. The van der Waals surface area contributed by atoms with Gasteiger partial charge in [-0.25, -0.2) is 0 Å². The zero-order chi connectivity index (χ0) is 27.4. The number of carbonyl (C=O) groups is 2. The molecule has 1 saturated heterocycles. The lowest BCUT2D eigenvalue weighted by Gasteiger charge is -2.38. The summed E-state index contributed by atoms with van der Waals surface area (Å²) in [6, 6.07) is 13.5. The van der Waals surface area contributed by atoms with Crippen molar-refractivity contribution in [1.29, 1.82) is 0 Å². The first-order valence-electron chi connectivity index (χ1n) is 13.5. The summed E-state index contributed by atoms with van der Waals surface area (Å²) in [5.74, 6) is 1.60. The van der Waals surface area contributed by atoms with Crippen LogP contribution in [0, 0.1) is 5.92 Å². The Bertz CT molecular complexity index is 1150. The van der Waals surface area contributed by atoms with Crippen LogP contribution in [0.4, 0.5) is 5.69 Å². The van der Waals surface area contributed by atoms with E-state index < -0.39 is 5.41 Å². The topological polar surface area (TPSA) is 71.1 Å². The fraction of sp³-hybridized carbons (Fsp3) is 0.533. The summed E-state index contributed by atoms with van der Waals surface area (Å²) in [6.07, 6.45) is 2.85. The number of methoxy groups -OCH3 is 1.